The number of alkyl carbamates (subject to hydrolysis) is 1. The summed E-state index contributed by atoms with van der Waals surface area (Å²) in [5.41, 5.74) is 5.88. The van der Waals surface area contributed by atoms with Crippen molar-refractivity contribution in [3.05, 3.63) is 29.8 Å². The van der Waals surface area contributed by atoms with Gasteiger partial charge in [-0.05, 0) is 78.5 Å². The number of nitrogens with two attached hydrogens (primary N) is 1. The Morgan fingerprint density at radius 1 is 1.00 bits per heavy atom. The number of carbonyl (C=O) groups is 3. The van der Waals surface area contributed by atoms with Crippen molar-refractivity contribution in [2.24, 2.45) is 0 Å². The van der Waals surface area contributed by atoms with E-state index < -0.39 is 29.3 Å². The second-order valence-electron chi connectivity index (χ2n) is 9.50. The fourth-order valence-corrected chi connectivity index (χ4v) is 2.73. The van der Waals surface area contributed by atoms with E-state index in [1.54, 1.807) is 65.8 Å². The van der Waals surface area contributed by atoms with Crippen LogP contribution in [0.2, 0.25) is 0 Å². The van der Waals surface area contributed by atoms with E-state index in [1.807, 2.05) is 0 Å². The molecule has 0 aliphatic rings. The maximum atomic E-state index is 12.6. The van der Waals surface area contributed by atoms with Crippen molar-refractivity contribution >= 4 is 23.7 Å². The van der Waals surface area contributed by atoms with Gasteiger partial charge < -0.3 is 25.8 Å². The largest absolute Gasteiger partial charge is 0.458 e. The van der Waals surface area contributed by atoms with E-state index in [4.69, 9.17) is 15.2 Å². The Hall–Kier alpha value is -2.77. The first kappa shape index (κ1) is 26.3. The van der Waals surface area contributed by atoms with Crippen molar-refractivity contribution in [2.45, 2.75) is 84.5 Å². The van der Waals surface area contributed by atoms with Crippen LogP contribution in [0.15, 0.2) is 24.3 Å². The van der Waals surface area contributed by atoms with Crippen molar-refractivity contribution < 1.29 is 23.9 Å². The first-order chi connectivity index (χ1) is 14.2. The number of esters is 1. The lowest BCUT2D eigenvalue weighted by Crippen LogP contribution is -2.44. The number of carbonyl (C=O) groups excluding carboxylic acids is 3. The average molecular weight is 436 g/mol. The number of anilines is 1. The first-order valence-corrected chi connectivity index (χ1v) is 10.6. The van der Waals surface area contributed by atoms with Crippen LogP contribution in [0.3, 0.4) is 0 Å². The van der Waals surface area contributed by atoms with Gasteiger partial charge in [-0.3, -0.25) is 4.79 Å². The number of rotatable bonds is 9. The molecule has 4 N–H and O–H groups in total. The quantitative estimate of drug-likeness (QED) is 0.311. The summed E-state index contributed by atoms with van der Waals surface area (Å²) in [6, 6.07) is 6.29. The Labute approximate surface area is 185 Å². The number of nitrogens with one attached hydrogen (secondary N) is 2. The van der Waals surface area contributed by atoms with Crippen LogP contribution in [0.1, 0.15) is 66.4 Å². The Kier molecular flexibility index (Phi) is 9.81. The number of amides is 2. The van der Waals surface area contributed by atoms with Gasteiger partial charge in [0, 0.05) is 12.2 Å². The third kappa shape index (κ3) is 12.5. The molecule has 0 aliphatic heterocycles. The molecule has 0 aromatic heterocycles. The van der Waals surface area contributed by atoms with E-state index in [9.17, 15) is 14.4 Å². The van der Waals surface area contributed by atoms with Gasteiger partial charge in [0.15, 0.2) is 0 Å². The number of hydrogen-bond acceptors (Lipinski definition) is 6. The van der Waals surface area contributed by atoms with Crippen LogP contribution in [0.4, 0.5) is 10.5 Å². The predicted molar refractivity (Wildman–Crippen MR) is 120 cm³/mol. The van der Waals surface area contributed by atoms with Crippen molar-refractivity contribution in [2.75, 3.05) is 12.3 Å². The molecule has 0 radical (unpaired) electrons. The minimum Gasteiger partial charge on any atom is -0.458 e. The predicted octanol–water partition coefficient (Wildman–Crippen LogP) is 3.33. The Balaban J connectivity index is 2.58. The highest BCUT2D eigenvalue weighted by molar-refractivity contribution is 5.85. The lowest BCUT2D eigenvalue weighted by Gasteiger charge is -2.24. The molecule has 1 atom stereocenters. The average Bonchev–Trinajstić information content (AvgIpc) is 2.57. The molecular weight excluding hydrogens is 398 g/mol. The summed E-state index contributed by atoms with van der Waals surface area (Å²) < 4.78 is 10.6. The summed E-state index contributed by atoms with van der Waals surface area (Å²) in [7, 11) is 0. The summed E-state index contributed by atoms with van der Waals surface area (Å²) in [6.07, 6.45) is 1.27. The van der Waals surface area contributed by atoms with Crippen LogP contribution in [0, 0.1) is 0 Å². The second-order valence-corrected chi connectivity index (χ2v) is 9.50. The second kappa shape index (κ2) is 11.6. The molecule has 2 amide bonds. The molecule has 1 aromatic rings. The maximum Gasteiger partial charge on any atom is 0.407 e. The molecule has 0 unspecified atom stereocenters. The molecule has 31 heavy (non-hydrogen) atoms. The van der Waals surface area contributed by atoms with Gasteiger partial charge in [0.2, 0.25) is 5.91 Å². The Morgan fingerprint density at radius 2 is 1.65 bits per heavy atom. The lowest BCUT2D eigenvalue weighted by atomic mass is 10.1. The van der Waals surface area contributed by atoms with Gasteiger partial charge >= 0.3 is 12.1 Å². The van der Waals surface area contributed by atoms with Crippen molar-refractivity contribution in [1.29, 1.82) is 0 Å². The zero-order valence-electron chi connectivity index (χ0n) is 19.5. The van der Waals surface area contributed by atoms with Crippen LogP contribution in [-0.4, -0.2) is 41.8 Å². The van der Waals surface area contributed by atoms with Crippen LogP contribution < -0.4 is 16.4 Å². The van der Waals surface area contributed by atoms with Crippen LogP contribution in [0.5, 0.6) is 0 Å². The highest BCUT2D eigenvalue weighted by Crippen LogP contribution is 2.13. The van der Waals surface area contributed by atoms with Gasteiger partial charge in [0.05, 0.1) is 6.42 Å². The minimum atomic E-state index is -0.769. The van der Waals surface area contributed by atoms with E-state index in [0.29, 0.717) is 31.5 Å². The maximum absolute atomic E-state index is 12.6. The molecule has 8 heteroatoms. The number of unbranched alkanes of at least 4 members (excludes halogenated alkanes) is 1. The number of ether oxygens (including phenoxy) is 2. The van der Waals surface area contributed by atoms with Crippen LogP contribution in [-0.2, 0) is 25.5 Å². The topological polar surface area (TPSA) is 120 Å². The third-order valence-electron chi connectivity index (χ3n) is 3.93. The van der Waals surface area contributed by atoms with E-state index in [-0.39, 0.29) is 12.3 Å². The van der Waals surface area contributed by atoms with Gasteiger partial charge in [-0.15, -0.1) is 0 Å². The molecule has 0 heterocycles. The molecule has 0 fully saturated rings. The van der Waals surface area contributed by atoms with Crippen LogP contribution in [0.25, 0.3) is 0 Å². The molecule has 0 saturated heterocycles. The fraction of sp³-hybridized carbons (Fsp3) is 0.609. The molecule has 8 nitrogen and oxygen atoms in total. The molecule has 1 rings (SSSR count). The third-order valence-corrected chi connectivity index (χ3v) is 3.93. The number of nitrogen functional groups attached to an aromatic ring is 1. The summed E-state index contributed by atoms with van der Waals surface area (Å²) in [5, 5.41) is 5.45. The van der Waals surface area contributed by atoms with E-state index in [0.717, 1.165) is 5.56 Å². The highest BCUT2D eigenvalue weighted by Gasteiger charge is 2.26. The summed E-state index contributed by atoms with van der Waals surface area (Å²) in [4.78, 5) is 36.8. The molecular formula is C23H37N3O5. The van der Waals surface area contributed by atoms with Crippen molar-refractivity contribution in [3.8, 4) is 0 Å². The molecule has 174 valence electrons. The van der Waals surface area contributed by atoms with Gasteiger partial charge in [-0.1, -0.05) is 12.1 Å². The normalized spacial score (nSPS) is 12.6. The number of hydrogen-bond donors (Lipinski definition) is 3. The lowest BCUT2D eigenvalue weighted by molar-refractivity contribution is -0.158. The van der Waals surface area contributed by atoms with Gasteiger partial charge in [0.1, 0.15) is 17.2 Å². The highest BCUT2D eigenvalue weighted by atomic mass is 16.6. The van der Waals surface area contributed by atoms with E-state index >= 15 is 0 Å². The summed E-state index contributed by atoms with van der Waals surface area (Å²) in [5.74, 6) is -0.762. The zero-order chi connectivity index (χ0) is 23.7. The van der Waals surface area contributed by atoms with Crippen molar-refractivity contribution in [3.63, 3.8) is 0 Å². The summed E-state index contributed by atoms with van der Waals surface area (Å²) >= 11 is 0. The van der Waals surface area contributed by atoms with Crippen molar-refractivity contribution in [1.82, 2.24) is 10.6 Å². The van der Waals surface area contributed by atoms with Gasteiger partial charge in [-0.2, -0.15) is 0 Å². The summed E-state index contributed by atoms with van der Waals surface area (Å²) in [6.45, 7) is 11.1. The molecule has 0 bridgehead atoms. The SMILES string of the molecule is CC(C)(C)OC(=O)NCCCC[C@H](NC(=O)Cc1cccc(N)c1)C(=O)OC(C)(C)C. The molecule has 0 saturated carbocycles. The standard InChI is InChI=1S/C23H37N3O5/c1-22(2,3)30-20(28)18(12-7-8-13-25-21(29)31-23(4,5)6)26-19(27)15-16-10-9-11-17(24)14-16/h9-11,14,18H,7-8,12-13,15,24H2,1-6H3,(H,25,29)(H,26,27)/t18-/m0/s1. The Morgan fingerprint density at radius 3 is 2.23 bits per heavy atom. The Bertz CT molecular complexity index is 750. The first-order valence-electron chi connectivity index (χ1n) is 10.6. The number of benzene rings is 1. The zero-order valence-corrected chi connectivity index (χ0v) is 19.5. The monoisotopic (exact) mass is 435 g/mol. The van der Waals surface area contributed by atoms with Crippen LogP contribution >= 0.6 is 0 Å². The molecule has 0 aliphatic carbocycles. The van der Waals surface area contributed by atoms with E-state index in [2.05, 4.69) is 10.6 Å². The fourth-order valence-electron chi connectivity index (χ4n) is 2.73. The van der Waals surface area contributed by atoms with Gasteiger partial charge in [-0.25, -0.2) is 9.59 Å². The molecule has 1 aromatic carbocycles. The van der Waals surface area contributed by atoms with Gasteiger partial charge in [0.25, 0.3) is 0 Å². The minimum absolute atomic E-state index is 0.116. The van der Waals surface area contributed by atoms with E-state index in [1.165, 1.54) is 0 Å². The smallest absolute Gasteiger partial charge is 0.407 e. The molecule has 0 spiro atoms.